The van der Waals surface area contributed by atoms with Crippen LogP contribution in [0.5, 0.6) is 0 Å². The number of nitrogens with two attached hydrogens (primary N) is 1. The molecule has 2 N–H and O–H groups in total. The predicted octanol–water partition coefficient (Wildman–Crippen LogP) is 1.50. The van der Waals surface area contributed by atoms with Gasteiger partial charge < -0.3 is 10.2 Å². The second-order valence-corrected chi connectivity index (χ2v) is 3.60. The first-order chi connectivity index (χ1) is 7.13. The fraction of sp³-hybridized carbons (Fsp3) is 0.333. The van der Waals surface area contributed by atoms with E-state index in [1.807, 2.05) is 14.0 Å². The summed E-state index contributed by atoms with van der Waals surface area (Å²) in [6.45, 7) is 2.22. The topological polar surface area (TPSA) is 69.9 Å². The lowest BCUT2D eigenvalue weighted by Gasteiger charge is -1.89. The Morgan fingerprint density at radius 1 is 1.60 bits per heavy atom. The van der Waals surface area contributed by atoms with E-state index in [0.29, 0.717) is 28.8 Å². The lowest BCUT2D eigenvalue weighted by Crippen LogP contribution is -1.96. The van der Waals surface area contributed by atoms with Gasteiger partial charge in [-0.3, -0.25) is 4.68 Å². The van der Waals surface area contributed by atoms with Crippen LogP contribution in [0, 0.1) is 6.92 Å². The molecule has 0 saturated heterocycles. The van der Waals surface area contributed by atoms with Crippen LogP contribution in [0.25, 0.3) is 11.6 Å². The zero-order valence-corrected chi connectivity index (χ0v) is 9.25. The molecule has 5 nitrogen and oxygen atoms in total. The molecule has 2 aromatic rings. The van der Waals surface area contributed by atoms with Crippen molar-refractivity contribution in [3.63, 3.8) is 0 Å². The van der Waals surface area contributed by atoms with E-state index in [-0.39, 0.29) is 0 Å². The van der Waals surface area contributed by atoms with E-state index in [4.69, 9.17) is 21.8 Å². The maximum Gasteiger partial charge on any atom is 0.248 e. The van der Waals surface area contributed by atoms with Crippen LogP contribution in [0.15, 0.2) is 10.7 Å². The summed E-state index contributed by atoms with van der Waals surface area (Å²) in [4.78, 5) is 4.16. The SMILES string of the molecule is Cc1c(Cl)c(-c2nc(CN)co2)nn1C. The van der Waals surface area contributed by atoms with Crippen LogP contribution in [-0.2, 0) is 13.6 Å². The number of nitrogens with zero attached hydrogens (tertiary/aromatic N) is 3. The summed E-state index contributed by atoms with van der Waals surface area (Å²) in [6, 6.07) is 0. The van der Waals surface area contributed by atoms with Crippen LogP contribution in [0.4, 0.5) is 0 Å². The van der Waals surface area contributed by atoms with E-state index in [1.165, 1.54) is 6.26 Å². The number of hydrogen-bond donors (Lipinski definition) is 1. The largest absolute Gasteiger partial charge is 0.443 e. The van der Waals surface area contributed by atoms with Crippen LogP contribution in [0.1, 0.15) is 11.4 Å². The first-order valence-corrected chi connectivity index (χ1v) is 4.85. The summed E-state index contributed by atoms with van der Waals surface area (Å²) in [7, 11) is 1.82. The molecule has 0 radical (unpaired) electrons. The lowest BCUT2D eigenvalue weighted by atomic mass is 10.3. The molecule has 0 aliphatic heterocycles. The monoisotopic (exact) mass is 226 g/mol. The molecule has 0 aliphatic carbocycles. The van der Waals surface area contributed by atoms with Gasteiger partial charge >= 0.3 is 0 Å². The van der Waals surface area contributed by atoms with E-state index in [9.17, 15) is 0 Å². The fourth-order valence-electron chi connectivity index (χ4n) is 1.23. The molecule has 2 aromatic heterocycles. The highest BCUT2D eigenvalue weighted by Gasteiger charge is 2.17. The number of aromatic nitrogens is 3. The van der Waals surface area contributed by atoms with Crippen LogP contribution >= 0.6 is 11.6 Å². The lowest BCUT2D eigenvalue weighted by molar-refractivity contribution is 0.568. The first kappa shape index (κ1) is 10.2. The van der Waals surface area contributed by atoms with Crippen molar-refractivity contribution in [2.75, 3.05) is 0 Å². The van der Waals surface area contributed by atoms with E-state index in [0.717, 1.165) is 5.69 Å². The Hall–Kier alpha value is -1.33. The highest BCUT2D eigenvalue weighted by molar-refractivity contribution is 6.33. The maximum atomic E-state index is 6.09. The highest BCUT2D eigenvalue weighted by Crippen LogP contribution is 2.28. The van der Waals surface area contributed by atoms with Crippen LogP contribution in [0.2, 0.25) is 5.02 Å². The zero-order valence-electron chi connectivity index (χ0n) is 8.49. The van der Waals surface area contributed by atoms with Gasteiger partial charge in [-0.05, 0) is 6.92 Å². The molecule has 6 heteroatoms. The van der Waals surface area contributed by atoms with Crippen molar-refractivity contribution in [2.45, 2.75) is 13.5 Å². The van der Waals surface area contributed by atoms with Crippen molar-refractivity contribution in [3.8, 4) is 11.6 Å². The average Bonchev–Trinajstić information content (AvgIpc) is 2.79. The van der Waals surface area contributed by atoms with E-state index >= 15 is 0 Å². The molecule has 0 bridgehead atoms. The third kappa shape index (κ3) is 1.64. The van der Waals surface area contributed by atoms with Crippen molar-refractivity contribution in [1.82, 2.24) is 14.8 Å². The van der Waals surface area contributed by atoms with Gasteiger partial charge in [-0.1, -0.05) is 11.6 Å². The molecule has 0 unspecified atom stereocenters. The summed E-state index contributed by atoms with van der Waals surface area (Å²) < 4.78 is 6.92. The van der Waals surface area contributed by atoms with Crippen molar-refractivity contribution in [1.29, 1.82) is 0 Å². The van der Waals surface area contributed by atoms with Crippen molar-refractivity contribution < 1.29 is 4.42 Å². The molecule has 2 heterocycles. The van der Waals surface area contributed by atoms with Gasteiger partial charge in [0.2, 0.25) is 5.89 Å². The molecule has 0 saturated carbocycles. The molecule has 0 spiro atoms. The number of hydrogen-bond acceptors (Lipinski definition) is 4. The standard InChI is InChI=1S/C9H11ClN4O/c1-5-7(10)8(13-14(5)2)9-12-6(3-11)4-15-9/h4H,3,11H2,1-2H3. The van der Waals surface area contributed by atoms with Gasteiger partial charge in [0.1, 0.15) is 6.26 Å². The second kappa shape index (κ2) is 3.67. The molecule has 0 aromatic carbocycles. The molecule has 15 heavy (non-hydrogen) atoms. The summed E-state index contributed by atoms with van der Waals surface area (Å²) in [6.07, 6.45) is 1.51. The van der Waals surface area contributed by atoms with Gasteiger partial charge in [0.05, 0.1) is 16.4 Å². The number of oxazole rings is 1. The first-order valence-electron chi connectivity index (χ1n) is 4.47. The molecule has 0 amide bonds. The molecule has 0 atom stereocenters. The van der Waals surface area contributed by atoms with Crippen molar-refractivity contribution in [3.05, 3.63) is 22.7 Å². The van der Waals surface area contributed by atoms with Crippen LogP contribution in [-0.4, -0.2) is 14.8 Å². The third-order valence-electron chi connectivity index (χ3n) is 2.22. The average molecular weight is 227 g/mol. The van der Waals surface area contributed by atoms with Crippen LogP contribution in [0.3, 0.4) is 0 Å². The molecule has 0 fully saturated rings. The number of halogens is 1. The van der Waals surface area contributed by atoms with E-state index < -0.39 is 0 Å². The highest BCUT2D eigenvalue weighted by atomic mass is 35.5. The van der Waals surface area contributed by atoms with Gasteiger partial charge in [0.25, 0.3) is 0 Å². The third-order valence-corrected chi connectivity index (χ3v) is 2.68. The Morgan fingerprint density at radius 2 is 2.33 bits per heavy atom. The molecular formula is C9H11ClN4O. The van der Waals surface area contributed by atoms with Gasteiger partial charge in [0, 0.05) is 13.6 Å². The zero-order chi connectivity index (χ0) is 11.0. The number of rotatable bonds is 2. The van der Waals surface area contributed by atoms with Gasteiger partial charge in [0.15, 0.2) is 5.69 Å². The van der Waals surface area contributed by atoms with E-state index in [2.05, 4.69) is 10.1 Å². The fourth-order valence-corrected chi connectivity index (χ4v) is 1.47. The number of aryl methyl sites for hydroxylation is 1. The Morgan fingerprint density at radius 3 is 2.80 bits per heavy atom. The molecular weight excluding hydrogens is 216 g/mol. The van der Waals surface area contributed by atoms with Crippen molar-refractivity contribution >= 4 is 11.6 Å². The second-order valence-electron chi connectivity index (χ2n) is 3.22. The van der Waals surface area contributed by atoms with Crippen LogP contribution < -0.4 is 5.73 Å². The summed E-state index contributed by atoms with van der Waals surface area (Å²) in [5.74, 6) is 0.407. The summed E-state index contributed by atoms with van der Waals surface area (Å²) in [5.41, 5.74) is 7.54. The molecule has 2 rings (SSSR count). The van der Waals surface area contributed by atoms with Gasteiger partial charge in [-0.25, -0.2) is 4.98 Å². The molecule has 0 aliphatic rings. The normalized spacial score (nSPS) is 10.9. The van der Waals surface area contributed by atoms with E-state index in [1.54, 1.807) is 4.68 Å². The molecule has 80 valence electrons. The Kier molecular flexibility index (Phi) is 2.50. The predicted molar refractivity (Wildman–Crippen MR) is 56.3 cm³/mol. The van der Waals surface area contributed by atoms with Gasteiger partial charge in [-0.15, -0.1) is 0 Å². The summed E-state index contributed by atoms with van der Waals surface area (Å²) >= 11 is 6.09. The Labute approximate surface area is 91.8 Å². The Bertz CT molecular complexity index is 488. The summed E-state index contributed by atoms with van der Waals surface area (Å²) in [5, 5.41) is 4.77. The maximum absolute atomic E-state index is 6.09. The minimum Gasteiger partial charge on any atom is -0.443 e. The van der Waals surface area contributed by atoms with Crippen molar-refractivity contribution in [2.24, 2.45) is 12.8 Å². The smallest absolute Gasteiger partial charge is 0.248 e. The Balaban J connectivity index is 2.49. The van der Waals surface area contributed by atoms with Gasteiger partial charge in [-0.2, -0.15) is 5.10 Å². The minimum absolute atomic E-state index is 0.340. The minimum atomic E-state index is 0.340. The quantitative estimate of drug-likeness (QED) is 0.843.